The van der Waals surface area contributed by atoms with Crippen molar-refractivity contribution in [3.63, 3.8) is 0 Å². The average molecular weight is 230 g/mol. The minimum atomic E-state index is -0.592. The summed E-state index contributed by atoms with van der Waals surface area (Å²) in [6.45, 7) is 6.39. The van der Waals surface area contributed by atoms with Crippen LogP contribution in [0.4, 0.5) is 4.79 Å². The van der Waals surface area contributed by atoms with Gasteiger partial charge in [-0.2, -0.15) is 0 Å². The molecule has 0 spiro atoms. The second kappa shape index (κ2) is 5.16. The van der Waals surface area contributed by atoms with Crippen LogP contribution in [0.25, 0.3) is 0 Å². The molecule has 1 atom stereocenters. The van der Waals surface area contributed by atoms with Gasteiger partial charge in [0.15, 0.2) is 0 Å². The van der Waals surface area contributed by atoms with Gasteiger partial charge in [0.1, 0.15) is 5.60 Å². The number of nitrogens with one attached hydrogen (secondary N) is 2. The smallest absolute Gasteiger partial charge is 0.408 e. The molecule has 1 aliphatic heterocycles. The number of carbonyl (C=O) groups excluding carboxylic acids is 2. The van der Waals surface area contributed by atoms with Gasteiger partial charge in [-0.05, 0) is 20.8 Å². The molecule has 2 N–H and O–H groups in total. The van der Waals surface area contributed by atoms with Crippen LogP contribution < -0.4 is 10.6 Å². The van der Waals surface area contributed by atoms with Gasteiger partial charge in [0, 0.05) is 6.54 Å². The SMILES string of the molecule is CC(C)(C)OC(=O)NCC(=O)NCC1CO1. The molecule has 92 valence electrons. The van der Waals surface area contributed by atoms with Crippen LogP contribution in [0.15, 0.2) is 0 Å². The molecule has 0 radical (unpaired) electrons. The third-order valence-corrected chi connectivity index (χ3v) is 1.72. The lowest BCUT2D eigenvalue weighted by molar-refractivity contribution is -0.120. The lowest BCUT2D eigenvalue weighted by atomic mass is 10.2. The summed E-state index contributed by atoms with van der Waals surface area (Å²) in [5, 5.41) is 5.00. The highest BCUT2D eigenvalue weighted by Gasteiger charge is 2.23. The Kier molecular flexibility index (Phi) is 4.12. The maximum Gasteiger partial charge on any atom is 0.408 e. The van der Waals surface area contributed by atoms with Crippen molar-refractivity contribution in [1.29, 1.82) is 0 Å². The number of carbonyl (C=O) groups is 2. The second-order valence-electron chi connectivity index (χ2n) is 4.61. The van der Waals surface area contributed by atoms with E-state index in [1.807, 2.05) is 0 Å². The molecule has 0 aromatic rings. The first-order valence-corrected chi connectivity index (χ1v) is 5.22. The molecule has 1 aliphatic rings. The summed E-state index contributed by atoms with van der Waals surface area (Å²) < 4.78 is 9.89. The Bertz CT molecular complexity index is 268. The number of rotatable bonds is 4. The van der Waals surface area contributed by atoms with Gasteiger partial charge < -0.3 is 20.1 Å². The molecule has 1 heterocycles. The molecular weight excluding hydrogens is 212 g/mol. The highest BCUT2D eigenvalue weighted by Crippen LogP contribution is 2.06. The normalized spacial score (nSPS) is 18.8. The van der Waals surface area contributed by atoms with Crippen LogP contribution in [0.2, 0.25) is 0 Å². The molecule has 1 saturated heterocycles. The van der Waals surface area contributed by atoms with Gasteiger partial charge >= 0.3 is 6.09 Å². The molecule has 0 aliphatic carbocycles. The molecule has 0 saturated carbocycles. The van der Waals surface area contributed by atoms with Crippen molar-refractivity contribution in [2.24, 2.45) is 0 Å². The van der Waals surface area contributed by atoms with E-state index in [0.717, 1.165) is 0 Å². The van der Waals surface area contributed by atoms with E-state index in [0.29, 0.717) is 13.2 Å². The van der Waals surface area contributed by atoms with E-state index in [2.05, 4.69) is 10.6 Å². The van der Waals surface area contributed by atoms with Crippen LogP contribution in [-0.2, 0) is 14.3 Å². The topological polar surface area (TPSA) is 80.0 Å². The summed E-state index contributed by atoms with van der Waals surface area (Å²) in [6, 6.07) is 0. The summed E-state index contributed by atoms with van der Waals surface area (Å²) >= 11 is 0. The number of hydrogen-bond donors (Lipinski definition) is 2. The van der Waals surface area contributed by atoms with Crippen LogP contribution >= 0.6 is 0 Å². The maximum atomic E-state index is 11.2. The van der Waals surface area contributed by atoms with Gasteiger partial charge in [0.2, 0.25) is 5.91 Å². The van der Waals surface area contributed by atoms with Crippen LogP contribution in [0.1, 0.15) is 20.8 Å². The quantitative estimate of drug-likeness (QED) is 0.667. The molecule has 0 aromatic heterocycles. The molecule has 0 aromatic carbocycles. The predicted octanol–water partition coefficient (Wildman–Crippen LogP) is 0.0261. The molecule has 1 unspecified atom stereocenters. The van der Waals surface area contributed by atoms with Crippen molar-refractivity contribution in [2.45, 2.75) is 32.5 Å². The van der Waals surface area contributed by atoms with Crippen molar-refractivity contribution < 1.29 is 19.1 Å². The van der Waals surface area contributed by atoms with E-state index in [1.165, 1.54) is 0 Å². The number of epoxide rings is 1. The van der Waals surface area contributed by atoms with Crippen molar-refractivity contribution in [3.8, 4) is 0 Å². The Morgan fingerprint density at radius 1 is 1.38 bits per heavy atom. The van der Waals surface area contributed by atoms with Gasteiger partial charge in [-0.15, -0.1) is 0 Å². The van der Waals surface area contributed by atoms with Crippen LogP contribution in [-0.4, -0.2) is 43.4 Å². The van der Waals surface area contributed by atoms with Crippen molar-refractivity contribution in [3.05, 3.63) is 0 Å². The highest BCUT2D eigenvalue weighted by atomic mass is 16.6. The Hall–Kier alpha value is -1.30. The van der Waals surface area contributed by atoms with Gasteiger partial charge in [0.25, 0.3) is 0 Å². The standard InChI is InChI=1S/C10H18N2O4/c1-10(2,3)16-9(14)12-5-8(13)11-4-7-6-15-7/h7H,4-6H2,1-3H3,(H,11,13)(H,12,14). The van der Waals surface area contributed by atoms with Crippen LogP contribution in [0, 0.1) is 0 Å². The van der Waals surface area contributed by atoms with Crippen molar-refractivity contribution in [2.75, 3.05) is 19.7 Å². The lowest BCUT2D eigenvalue weighted by Crippen LogP contribution is -2.40. The van der Waals surface area contributed by atoms with E-state index < -0.39 is 11.7 Å². The van der Waals surface area contributed by atoms with E-state index >= 15 is 0 Å². The van der Waals surface area contributed by atoms with Gasteiger partial charge in [-0.1, -0.05) is 0 Å². The zero-order chi connectivity index (χ0) is 12.2. The highest BCUT2D eigenvalue weighted by molar-refractivity contribution is 5.82. The average Bonchev–Trinajstić information content (AvgIpc) is 2.92. The first-order chi connectivity index (χ1) is 7.37. The monoisotopic (exact) mass is 230 g/mol. The fourth-order valence-corrected chi connectivity index (χ4v) is 0.943. The van der Waals surface area contributed by atoms with Gasteiger partial charge in [-0.3, -0.25) is 4.79 Å². The molecule has 0 bridgehead atoms. The molecule has 16 heavy (non-hydrogen) atoms. The Balaban J connectivity index is 2.07. The number of amides is 2. The minimum Gasteiger partial charge on any atom is -0.444 e. The first-order valence-electron chi connectivity index (χ1n) is 5.22. The molecule has 1 fully saturated rings. The fourth-order valence-electron chi connectivity index (χ4n) is 0.943. The summed E-state index contributed by atoms with van der Waals surface area (Å²) in [7, 11) is 0. The predicted molar refractivity (Wildman–Crippen MR) is 57.0 cm³/mol. The Morgan fingerprint density at radius 3 is 2.50 bits per heavy atom. The Morgan fingerprint density at radius 2 is 2.00 bits per heavy atom. The number of hydrogen-bond acceptors (Lipinski definition) is 4. The lowest BCUT2D eigenvalue weighted by Gasteiger charge is -2.19. The van der Waals surface area contributed by atoms with Crippen LogP contribution in [0.5, 0.6) is 0 Å². The van der Waals surface area contributed by atoms with E-state index in [1.54, 1.807) is 20.8 Å². The van der Waals surface area contributed by atoms with Crippen molar-refractivity contribution in [1.82, 2.24) is 10.6 Å². The minimum absolute atomic E-state index is 0.0817. The number of ether oxygens (including phenoxy) is 2. The summed E-state index contributed by atoms with van der Waals surface area (Å²) in [5.41, 5.74) is -0.553. The summed E-state index contributed by atoms with van der Waals surface area (Å²) in [5.74, 6) is -0.249. The van der Waals surface area contributed by atoms with Crippen molar-refractivity contribution >= 4 is 12.0 Å². The van der Waals surface area contributed by atoms with Gasteiger partial charge in [-0.25, -0.2) is 4.79 Å². The summed E-state index contributed by atoms with van der Waals surface area (Å²) in [4.78, 5) is 22.4. The molecule has 6 heteroatoms. The zero-order valence-corrected chi connectivity index (χ0v) is 9.83. The van der Waals surface area contributed by atoms with E-state index in [9.17, 15) is 9.59 Å². The zero-order valence-electron chi connectivity index (χ0n) is 9.83. The van der Waals surface area contributed by atoms with E-state index in [-0.39, 0.29) is 18.6 Å². The summed E-state index contributed by atoms with van der Waals surface area (Å²) in [6.07, 6.45) is -0.448. The molecule has 1 rings (SSSR count). The second-order valence-corrected chi connectivity index (χ2v) is 4.61. The van der Waals surface area contributed by atoms with Crippen LogP contribution in [0.3, 0.4) is 0 Å². The molecule has 6 nitrogen and oxygen atoms in total. The third kappa shape index (κ3) is 6.23. The largest absolute Gasteiger partial charge is 0.444 e. The first kappa shape index (κ1) is 12.8. The van der Waals surface area contributed by atoms with E-state index in [4.69, 9.17) is 9.47 Å². The number of alkyl carbamates (subject to hydrolysis) is 1. The maximum absolute atomic E-state index is 11.2. The van der Waals surface area contributed by atoms with Gasteiger partial charge in [0.05, 0.1) is 19.3 Å². The molecular formula is C10H18N2O4. The third-order valence-electron chi connectivity index (χ3n) is 1.72. The molecule has 2 amide bonds. The fraction of sp³-hybridized carbons (Fsp3) is 0.800. The Labute approximate surface area is 94.7 Å².